The molecule has 3 aromatic rings. The Morgan fingerprint density at radius 3 is 2.88 bits per heavy atom. The van der Waals surface area contributed by atoms with Crippen molar-refractivity contribution in [1.82, 2.24) is 14.9 Å². The van der Waals surface area contributed by atoms with Gasteiger partial charge in [-0.15, -0.1) is 11.3 Å². The topological polar surface area (TPSA) is 32.3 Å². The van der Waals surface area contributed by atoms with Gasteiger partial charge < -0.3 is 4.90 Å². The maximum Gasteiger partial charge on any atom is 0.128 e. The highest BCUT2D eigenvalue weighted by molar-refractivity contribution is 7.16. The summed E-state index contributed by atoms with van der Waals surface area (Å²) in [5.41, 5.74) is 4.47. The molecule has 0 aliphatic carbocycles. The molecule has 5 heteroatoms. The van der Waals surface area contributed by atoms with E-state index >= 15 is 0 Å². The van der Waals surface area contributed by atoms with E-state index in [0.717, 1.165) is 36.3 Å². The van der Waals surface area contributed by atoms with E-state index in [0.29, 0.717) is 6.04 Å². The third kappa shape index (κ3) is 2.89. The molecule has 2 aliphatic rings. The maximum absolute atomic E-state index is 4.55. The number of thiazole rings is 1. The van der Waals surface area contributed by atoms with Crippen molar-refractivity contribution >= 4 is 27.4 Å². The van der Waals surface area contributed by atoms with Gasteiger partial charge in [-0.3, -0.25) is 4.90 Å². The molecule has 2 fully saturated rings. The number of fused-ring (bicyclic) bond motifs is 2. The smallest absolute Gasteiger partial charge is 0.128 e. The Labute approximate surface area is 158 Å². The zero-order valence-electron chi connectivity index (χ0n) is 15.1. The lowest BCUT2D eigenvalue weighted by Gasteiger charge is -2.38. The number of anilines is 1. The molecule has 5 rings (SSSR count). The van der Waals surface area contributed by atoms with E-state index in [4.69, 9.17) is 0 Å². The first kappa shape index (κ1) is 16.2. The fraction of sp³-hybridized carbons (Fsp3) is 0.429. The molecule has 0 spiro atoms. The number of benzene rings is 1. The molecule has 0 bridgehead atoms. The van der Waals surface area contributed by atoms with Gasteiger partial charge >= 0.3 is 0 Å². The standard InChI is InChI=1S/C21H24N4S/c1-15(16-5-6-20-19(10-16)23-14-26-20)24-9-7-17-11-25(13-18(17)12-24)21-4-2-3-8-22-21/h2-6,8,10,14-15,17-18H,7,9,11-13H2,1H3. The number of likely N-dealkylation sites (tertiary alicyclic amines) is 1. The summed E-state index contributed by atoms with van der Waals surface area (Å²) in [6.07, 6.45) is 3.19. The van der Waals surface area contributed by atoms with Crippen LogP contribution in [0.3, 0.4) is 0 Å². The molecule has 4 heterocycles. The summed E-state index contributed by atoms with van der Waals surface area (Å²) < 4.78 is 1.28. The van der Waals surface area contributed by atoms with E-state index in [9.17, 15) is 0 Å². The predicted molar refractivity (Wildman–Crippen MR) is 108 cm³/mol. The molecular weight excluding hydrogens is 340 g/mol. The summed E-state index contributed by atoms with van der Waals surface area (Å²) in [7, 11) is 0. The fourth-order valence-corrected chi connectivity index (χ4v) is 5.28. The van der Waals surface area contributed by atoms with Gasteiger partial charge in [0, 0.05) is 31.9 Å². The Bertz CT molecular complexity index is 893. The molecule has 0 saturated carbocycles. The van der Waals surface area contributed by atoms with Crippen molar-refractivity contribution in [1.29, 1.82) is 0 Å². The van der Waals surface area contributed by atoms with Gasteiger partial charge in [-0.2, -0.15) is 0 Å². The van der Waals surface area contributed by atoms with Gasteiger partial charge in [0.25, 0.3) is 0 Å². The molecule has 1 aromatic carbocycles. The van der Waals surface area contributed by atoms with E-state index in [1.54, 1.807) is 11.3 Å². The average Bonchev–Trinajstić information content (AvgIpc) is 3.33. The van der Waals surface area contributed by atoms with E-state index in [2.05, 4.69) is 57.0 Å². The minimum atomic E-state index is 0.450. The number of nitrogens with zero attached hydrogens (tertiary/aromatic N) is 4. The van der Waals surface area contributed by atoms with Gasteiger partial charge in [0.1, 0.15) is 5.82 Å². The Kier molecular flexibility index (Phi) is 4.14. The summed E-state index contributed by atoms with van der Waals surface area (Å²) in [6.45, 7) is 7.02. The summed E-state index contributed by atoms with van der Waals surface area (Å²) in [6, 6.07) is 13.5. The molecule has 134 valence electrons. The van der Waals surface area contributed by atoms with Crippen molar-refractivity contribution in [3.63, 3.8) is 0 Å². The quantitative estimate of drug-likeness (QED) is 0.697. The highest BCUT2D eigenvalue weighted by Crippen LogP contribution is 2.36. The van der Waals surface area contributed by atoms with Crippen LogP contribution in [0.15, 0.2) is 48.1 Å². The molecule has 0 amide bonds. The van der Waals surface area contributed by atoms with Crippen molar-refractivity contribution in [2.75, 3.05) is 31.1 Å². The van der Waals surface area contributed by atoms with Gasteiger partial charge in [-0.25, -0.2) is 9.97 Å². The first-order valence-electron chi connectivity index (χ1n) is 9.51. The molecule has 4 nitrogen and oxygen atoms in total. The number of aromatic nitrogens is 2. The molecule has 2 aromatic heterocycles. The summed E-state index contributed by atoms with van der Waals surface area (Å²) in [4.78, 5) is 14.2. The normalized spacial score (nSPS) is 24.7. The first-order valence-corrected chi connectivity index (χ1v) is 10.4. The van der Waals surface area contributed by atoms with Crippen LogP contribution in [0.4, 0.5) is 5.82 Å². The number of rotatable bonds is 3. The van der Waals surface area contributed by atoms with Crippen LogP contribution in [0.1, 0.15) is 24.9 Å². The van der Waals surface area contributed by atoms with Crippen LogP contribution in [-0.2, 0) is 0 Å². The summed E-state index contributed by atoms with van der Waals surface area (Å²) >= 11 is 1.72. The summed E-state index contributed by atoms with van der Waals surface area (Å²) in [5.74, 6) is 2.69. The zero-order valence-corrected chi connectivity index (χ0v) is 15.9. The number of piperidine rings is 1. The molecule has 3 unspecified atom stereocenters. The highest BCUT2D eigenvalue weighted by Gasteiger charge is 2.38. The minimum Gasteiger partial charge on any atom is -0.356 e. The molecular formula is C21H24N4S. The van der Waals surface area contributed by atoms with Crippen LogP contribution in [0.2, 0.25) is 0 Å². The lowest BCUT2D eigenvalue weighted by atomic mass is 9.87. The average molecular weight is 365 g/mol. The van der Waals surface area contributed by atoms with Gasteiger partial charge in [0.05, 0.1) is 15.7 Å². The Balaban J connectivity index is 1.30. The fourth-order valence-electron chi connectivity index (χ4n) is 4.62. The lowest BCUT2D eigenvalue weighted by Crippen LogP contribution is -2.41. The van der Waals surface area contributed by atoms with Crippen molar-refractivity contribution < 1.29 is 0 Å². The van der Waals surface area contributed by atoms with Crippen molar-refractivity contribution in [2.24, 2.45) is 11.8 Å². The molecule has 2 aliphatic heterocycles. The Morgan fingerprint density at radius 1 is 1.08 bits per heavy atom. The number of hydrogen-bond donors (Lipinski definition) is 0. The Morgan fingerprint density at radius 2 is 2.00 bits per heavy atom. The number of hydrogen-bond acceptors (Lipinski definition) is 5. The Hall–Kier alpha value is -1.98. The van der Waals surface area contributed by atoms with E-state index < -0.39 is 0 Å². The monoisotopic (exact) mass is 364 g/mol. The molecule has 3 atom stereocenters. The van der Waals surface area contributed by atoms with Crippen molar-refractivity contribution in [3.05, 3.63) is 53.7 Å². The largest absolute Gasteiger partial charge is 0.356 e. The molecule has 0 N–H and O–H groups in total. The van der Waals surface area contributed by atoms with Crippen LogP contribution >= 0.6 is 11.3 Å². The molecule has 2 saturated heterocycles. The van der Waals surface area contributed by atoms with Crippen LogP contribution in [0.5, 0.6) is 0 Å². The van der Waals surface area contributed by atoms with E-state index in [-0.39, 0.29) is 0 Å². The maximum atomic E-state index is 4.55. The van der Waals surface area contributed by atoms with Crippen LogP contribution in [-0.4, -0.2) is 41.0 Å². The zero-order chi connectivity index (χ0) is 17.5. The lowest BCUT2D eigenvalue weighted by molar-refractivity contribution is 0.111. The minimum absolute atomic E-state index is 0.450. The highest BCUT2D eigenvalue weighted by atomic mass is 32.1. The molecule has 26 heavy (non-hydrogen) atoms. The van der Waals surface area contributed by atoms with Crippen molar-refractivity contribution in [3.8, 4) is 0 Å². The van der Waals surface area contributed by atoms with Crippen LogP contribution < -0.4 is 4.90 Å². The third-order valence-corrected chi connectivity index (χ3v) is 7.00. The summed E-state index contributed by atoms with van der Waals surface area (Å²) in [5, 5.41) is 0. The second-order valence-corrected chi connectivity index (χ2v) is 8.54. The third-order valence-electron chi connectivity index (χ3n) is 6.19. The second-order valence-electron chi connectivity index (χ2n) is 7.65. The predicted octanol–water partition coefficient (Wildman–Crippen LogP) is 4.21. The van der Waals surface area contributed by atoms with Gasteiger partial charge in [0.2, 0.25) is 0 Å². The first-order chi connectivity index (χ1) is 12.8. The van der Waals surface area contributed by atoms with Gasteiger partial charge in [0.15, 0.2) is 0 Å². The van der Waals surface area contributed by atoms with Crippen LogP contribution in [0, 0.1) is 11.8 Å². The SMILES string of the molecule is CC(c1ccc2scnc2c1)N1CCC2CN(c3ccccn3)CC2C1. The van der Waals surface area contributed by atoms with Gasteiger partial charge in [-0.1, -0.05) is 12.1 Å². The molecule has 0 radical (unpaired) electrons. The second kappa shape index (κ2) is 6.63. The van der Waals surface area contributed by atoms with Gasteiger partial charge in [-0.05, 0) is 61.6 Å². The number of pyridine rings is 1. The van der Waals surface area contributed by atoms with E-state index in [1.165, 1.54) is 29.8 Å². The van der Waals surface area contributed by atoms with E-state index in [1.807, 2.05) is 17.8 Å². The van der Waals surface area contributed by atoms with Crippen molar-refractivity contribution in [2.45, 2.75) is 19.4 Å². The van der Waals surface area contributed by atoms with Crippen LogP contribution in [0.25, 0.3) is 10.2 Å².